The predicted octanol–water partition coefficient (Wildman–Crippen LogP) is 5.78. The van der Waals surface area contributed by atoms with Gasteiger partial charge in [0, 0.05) is 24.3 Å². The Labute approximate surface area is 166 Å². The van der Waals surface area contributed by atoms with Crippen LogP contribution < -0.4 is 0 Å². The third-order valence-electron chi connectivity index (χ3n) is 3.06. The lowest BCUT2D eigenvalue weighted by atomic mass is 10.2. The van der Waals surface area contributed by atoms with Gasteiger partial charge in [-0.1, -0.05) is 34.8 Å². The molecule has 4 nitrogen and oxygen atoms in total. The van der Waals surface area contributed by atoms with E-state index in [-0.39, 0.29) is 22.7 Å². The molecular weight excluding hydrogens is 409 g/mol. The van der Waals surface area contributed by atoms with E-state index in [4.69, 9.17) is 44.3 Å². The van der Waals surface area contributed by atoms with Gasteiger partial charge in [0.1, 0.15) is 16.1 Å². The molecule has 0 atom stereocenters. The molecular formula is C17H19Cl3F2N2O2. The Bertz CT molecular complexity index is 672. The van der Waals surface area contributed by atoms with E-state index in [1.165, 1.54) is 12.1 Å². The van der Waals surface area contributed by atoms with E-state index >= 15 is 0 Å². The number of hydrogen-bond acceptors (Lipinski definition) is 4. The summed E-state index contributed by atoms with van der Waals surface area (Å²) in [6.45, 7) is 6.95. The fourth-order valence-corrected chi connectivity index (χ4v) is 2.31. The molecule has 0 aliphatic rings. The molecule has 0 aliphatic carbocycles. The molecule has 144 valence electrons. The van der Waals surface area contributed by atoms with Crippen LogP contribution in [0, 0.1) is 18.6 Å². The van der Waals surface area contributed by atoms with Crippen LogP contribution >= 0.6 is 34.8 Å². The van der Waals surface area contributed by atoms with Crippen molar-refractivity contribution in [2.45, 2.75) is 34.0 Å². The number of hydrogen-bond donors (Lipinski definition) is 0. The number of aromatic nitrogens is 2. The van der Waals surface area contributed by atoms with Gasteiger partial charge in [-0.3, -0.25) is 0 Å². The Kier molecular flexibility index (Phi) is 10.3. The maximum absolute atomic E-state index is 13.0. The smallest absolute Gasteiger partial charge is 0.166 e. The summed E-state index contributed by atoms with van der Waals surface area (Å²) < 4.78 is 36.1. The van der Waals surface area contributed by atoms with E-state index in [9.17, 15) is 8.78 Å². The molecule has 0 radical (unpaired) electrons. The summed E-state index contributed by atoms with van der Waals surface area (Å²) in [5.74, 6) is -0.931. The molecule has 0 aromatic carbocycles. The highest BCUT2D eigenvalue weighted by Gasteiger charge is 2.08. The summed E-state index contributed by atoms with van der Waals surface area (Å²) in [7, 11) is 0. The fourth-order valence-electron chi connectivity index (χ4n) is 1.70. The summed E-state index contributed by atoms with van der Waals surface area (Å²) >= 11 is 16.9. The van der Waals surface area contributed by atoms with Crippen LogP contribution in [0.4, 0.5) is 8.78 Å². The second-order valence-electron chi connectivity index (χ2n) is 4.99. The van der Waals surface area contributed by atoms with E-state index in [0.717, 1.165) is 0 Å². The summed E-state index contributed by atoms with van der Waals surface area (Å²) in [5, 5.41) is 0.275. The number of rotatable bonds is 6. The molecule has 2 rings (SSSR count). The maximum atomic E-state index is 13.0. The molecule has 9 heteroatoms. The van der Waals surface area contributed by atoms with Gasteiger partial charge < -0.3 is 9.47 Å². The molecule has 0 aliphatic heterocycles. The van der Waals surface area contributed by atoms with E-state index in [0.29, 0.717) is 41.8 Å². The second kappa shape index (κ2) is 11.6. The lowest BCUT2D eigenvalue weighted by Gasteiger charge is -2.05. The van der Waals surface area contributed by atoms with Crippen LogP contribution in [0.15, 0.2) is 12.1 Å². The molecule has 2 heterocycles. The Morgan fingerprint density at radius 1 is 0.808 bits per heavy atom. The first-order valence-corrected chi connectivity index (χ1v) is 8.90. The number of nitrogens with zero attached hydrogens (tertiary/aromatic N) is 2. The molecule has 0 saturated carbocycles. The van der Waals surface area contributed by atoms with Gasteiger partial charge in [-0.05, 0) is 32.9 Å². The van der Waals surface area contributed by atoms with Gasteiger partial charge in [0.15, 0.2) is 11.0 Å². The largest absolute Gasteiger partial charge is 0.377 e. The van der Waals surface area contributed by atoms with Gasteiger partial charge in [0.05, 0.1) is 18.9 Å². The molecule has 0 fully saturated rings. The molecule has 26 heavy (non-hydrogen) atoms. The Morgan fingerprint density at radius 3 is 1.77 bits per heavy atom. The number of pyridine rings is 2. The molecule has 2 aromatic heterocycles. The molecule has 0 amide bonds. The van der Waals surface area contributed by atoms with Crippen LogP contribution in [0.2, 0.25) is 15.5 Å². The van der Waals surface area contributed by atoms with Gasteiger partial charge in [0.2, 0.25) is 0 Å². The van der Waals surface area contributed by atoms with E-state index in [1.54, 1.807) is 6.92 Å². The van der Waals surface area contributed by atoms with Crippen LogP contribution in [0.5, 0.6) is 0 Å². The Morgan fingerprint density at radius 2 is 1.27 bits per heavy atom. The van der Waals surface area contributed by atoms with Crippen molar-refractivity contribution in [2.75, 3.05) is 13.2 Å². The van der Waals surface area contributed by atoms with Crippen LogP contribution in [0.1, 0.15) is 30.7 Å². The van der Waals surface area contributed by atoms with Gasteiger partial charge in [-0.25, -0.2) is 18.7 Å². The number of aryl methyl sites for hydroxylation is 1. The van der Waals surface area contributed by atoms with Crippen molar-refractivity contribution in [3.05, 3.63) is 56.0 Å². The highest BCUT2D eigenvalue weighted by atomic mass is 35.5. The van der Waals surface area contributed by atoms with Crippen LogP contribution in [-0.4, -0.2) is 23.2 Å². The zero-order valence-electron chi connectivity index (χ0n) is 14.6. The summed E-state index contributed by atoms with van der Waals surface area (Å²) in [6.07, 6.45) is 0. The van der Waals surface area contributed by atoms with Crippen molar-refractivity contribution < 1.29 is 18.3 Å². The molecule has 0 bridgehead atoms. The Balaban J connectivity index is 0.000000260. The topological polar surface area (TPSA) is 44.2 Å². The normalized spacial score (nSPS) is 10.5. The van der Waals surface area contributed by atoms with Crippen molar-refractivity contribution in [3.63, 3.8) is 0 Å². The van der Waals surface area contributed by atoms with Crippen LogP contribution in [0.25, 0.3) is 0 Å². The lowest BCUT2D eigenvalue weighted by Crippen LogP contribution is -1.98. The minimum atomic E-state index is -0.583. The third kappa shape index (κ3) is 7.29. The Hall–Kier alpha value is -1.05. The van der Waals surface area contributed by atoms with Crippen molar-refractivity contribution >= 4 is 34.8 Å². The standard InChI is InChI=1S/C9H11ClFNO.C8H8Cl2FNO/c1-3-13-5-7-4-8(11)6(2)12-9(7)10;1-2-13-4-5-3-6(11)8(10)12-7(5)9/h4H,3,5H2,1-2H3;3H,2,4H2,1H3. The quantitative estimate of drug-likeness (QED) is 0.548. The van der Waals surface area contributed by atoms with E-state index < -0.39 is 5.82 Å². The summed E-state index contributed by atoms with van der Waals surface area (Å²) in [6, 6.07) is 2.59. The molecule has 2 aromatic rings. The first-order valence-electron chi connectivity index (χ1n) is 7.77. The first-order chi connectivity index (χ1) is 12.3. The van der Waals surface area contributed by atoms with E-state index in [2.05, 4.69) is 9.97 Å². The summed E-state index contributed by atoms with van der Waals surface area (Å²) in [5.41, 5.74) is 1.40. The second-order valence-corrected chi connectivity index (χ2v) is 6.06. The van der Waals surface area contributed by atoms with Crippen LogP contribution in [0.3, 0.4) is 0 Å². The van der Waals surface area contributed by atoms with E-state index in [1.807, 2.05) is 13.8 Å². The molecule has 0 spiro atoms. The van der Waals surface area contributed by atoms with Gasteiger partial charge >= 0.3 is 0 Å². The van der Waals surface area contributed by atoms with Gasteiger partial charge in [-0.2, -0.15) is 0 Å². The first kappa shape index (κ1) is 23.0. The maximum Gasteiger partial charge on any atom is 0.166 e. The van der Waals surface area contributed by atoms with Gasteiger partial charge in [-0.15, -0.1) is 0 Å². The SMILES string of the molecule is CCOCc1cc(F)c(C)nc1Cl.CCOCc1cc(F)c(Cl)nc1Cl. The number of ether oxygens (including phenoxy) is 2. The lowest BCUT2D eigenvalue weighted by molar-refractivity contribution is 0.133. The molecule has 0 N–H and O–H groups in total. The zero-order chi connectivity index (χ0) is 19.7. The van der Waals surface area contributed by atoms with Crippen LogP contribution in [-0.2, 0) is 22.7 Å². The predicted molar refractivity (Wildman–Crippen MR) is 98.8 cm³/mol. The van der Waals surface area contributed by atoms with Gasteiger partial charge in [0.25, 0.3) is 0 Å². The van der Waals surface area contributed by atoms with Crippen molar-refractivity contribution in [1.29, 1.82) is 0 Å². The zero-order valence-corrected chi connectivity index (χ0v) is 16.9. The highest BCUT2D eigenvalue weighted by Crippen LogP contribution is 2.20. The third-order valence-corrected chi connectivity index (χ3v) is 3.98. The minimum absolute atomic E-state index is 0.180. The average Bonchev–Trinajstić information content (AvgIpc) is 2.59. The summed E-state index contributed by atoms with van der Waals surface area (Å²) in [4.78, 5) is 7.44. The highest BCUT2D eigenvalue weighted by molar-refractivity contribution is 6.33. The minimum Gasteiger partial charge on any atom is -0.377 e. The molecule has 0 saturated heterocycles. The monoisotopic (exact) mass is 426 g/mol. The van der Waals surface area contributed by atoms with Crippen molar-refractivity contribution in [2.24, 2.45) is 0 Å². The average molecular weight is 428 g/mol. The molecule has 0 unspecified atom stereocenters. The van der Waals surface area contributed by atoms with Crippen molar-refractivity contribution in [3.8, 4) is 0 Å². The number of halogens is 5. The van der Waals surface area contributed by atoms with Crippen molar-refractivity contribution in [1.82, 2.24) is 9.97 Å². The fraction of sp³-hybridized carbons (Fsp3) is 0.412.